The number of carbonyl (C=O) groups is 1. The Morgan fingerprint density at radius 1 is 0.821 bits per heavy atom. The van der Waals surface area contributed by atoms with Gasteiger partial charge in [-0.2, -0.15) is 10.2 Å². The molecular formula is C24H23N3O. The van der Waals surface area contributed by atoms with Gasteiger partial charge in [-0.25, -0.2) is 0 Å². The van der Waals surface area contributed by atoms with Crippen LogP contribution in [0.1, 0.15) is 30.9 Å². The van der Waals surface area contributed by atoms with Crippen molar-refractivity contribution in [2.45, 2.75) is 19.8 Å². The van der Waals surface area contributed by atoms with Crippen LogP contribution in [0.5, 0.6) is 0 Å². The Balaban J connectivity index is 1.56. The number of azo groups is 1. The van der Waals surface area contributed by atoms with E-state index >= 15 is 0 Å². The number of benzene rings is 3. The minimum atomic E-state index is -0.174. The molecule has 0 saturated carbocycles. The maximum absolute atomic E-state index is 12.1. The molecule has 28 heavy (non-hydrogen) atoms. The van der Waals surface area contributed by atoms with Crippen LogP contribution in [0, 0.1) is 0 Å². The summed E-state index contributed by atoms with van der Waals surface area (Å²) in [6.45, 7) is 4.32. The van der Waals surface area contributed by atoms with Crippen LogP contribution in [-0.2, 0) is 4.79 Å². The van der Waals surface area contributed by atoms with Gasteiger partial charge in [-0.15, -0.1) is 0 Å². The monoisotopic (exact) mass is 369 g/mol. The number of carbonyl (C=O) groups excluding carboxylic acids is 1. The molecule has 0 spiro atoms. The molecule has 0 aromatic heterocycles. The Bertz CT molecular complexity index is 957. The van der Waals surface area contributed by atoms with Crippen molar-refractivity contribution in [3.63, 3.8) is 0 Å². The summed E-state index contributed by atoms with van der Waals surface area (Å²) in [5, 5.41) is 11.2. The molecule has 0 saturated heterocycles. The largest absolute Gasteiger partial charge is 0.323 e. The van der Waals surface area contributed by atoms with Crippen LogP contribution < -0.4 is 5.32 Å². The fourth-order valence-electron chi connectivity index (χ4n) is 2.57. The first-order valence-electron chi connectivity index (χ1n) is 9.26. The number of rotatable bonds is 6. The SMILES string of the molecule is CC(C)c1ccc(/C=C/C(=O)Nc2ccc(N=Nc3ccccc3)cc2)cc1. The van der Waals surface area contributed by atoms with Gasteiger partial charge >= 0.3 is 0 Å². The standard InChI is InChI=1S/C24H23N3O/c1-18(2)20-11-8-19(9-12-20)10-17-24(28)25-21-13-15-23(16-14-21)27-26-22-6-4-3-5-7-22/h3-18H,1-2H3,(H,25,28)/b17-10+,27-26?. The number of anilines is 1. The highest BCUT2D eigenvalue weighted by Gasteiger charge is 2.00. The average Bonchev–Trinajstić information content (AvgIpc) is 2.73. The zero-order valence-electron chi connectivity index (χ0n) is 16.0. The second-order valence-electron chi connectivity index (χ2n) is 6.73. The molecule has 4 nitrogen and oxygen atoms in total. The molecule has 140 valence electrons. The third kappa shape index (κ3) is 5.74. The van der Waals surface area contributed by atoms with Crippen LogP contribution in [0.25, 0.3) is 6.08 Å². The first-order chi connectivity index (χ1) is 13.6. The summed E-state index contributed by atoms with van der Waals surface area (Å²) in [7, 11) is 0. The molecule has 3 rings (SSSR count). The fourth-order valence-corrected chi connectivity index (χ4v) is 2.57. The van der Waals surface area contributed by atoms with Gasteiger partial charge in [0, 0.05) is 11.8 Å². The fraction of sp³-hybridized carbons (Fsp3) is 0.125. The number of nitrogens with zero attached hydrogens (tertiary/aromatic N) is 2. The minimum absolute atomic E-state index is 0.174. The van der Waals surface area contributed by atoms with Crippen molar-refractivity contribution >= 4 is 29.0 Å². The highest BCUT2D eigenvalue weighted by Crippen LogP contribution is 2.20. The Morgan fingerprint density at radius 3 is 2.04 bits per heavy atom. The zero-order valence-corrected chi connectivity index (χ0v) is 16.0. The lowest BCUT2D eigenvalue weighted by atomic mass is 10.0. The van der Waals surface area contributed by atoms with E-state index < -0.39 is 0 Å². The molecule has 0 aliphatic carbocycles. The normalized spacial score (nSPS) is 11.4. The van der Waals surface area contributed by atoms with E-state index in [1.165, 1.54) is 11.6 Å². The lowest BCUT2D eigenvalue weighted by Crippen LogP contribution is -2.07. The first-order valence-corrected chi connectivity index (χ1v) is 9.26. The van der Waals surface area contributed by atoms with Gasteiger partial charge in [-0.1, -0.05) is 56.3 Å². The van der Waals surface area contributed by atoms with Crippen LogP contribution in [0.3, 0.4) is 0 Å². The molecule has 3 aromatic carbocycles. The van der Waals surface area contributed by atoms with E-state index in [1.54, 1.807) is 0 Å². The predicted molar refractivity (Wildman–Crippen MR) is 115 cm³/mol. The van der Waals surface area contributed by atoms with Crippen molar-refractivity contribution < 1.29 is 4.79 Å². The van der Waals surface area contributed by atoms with Gasteiger partial charge in [-0.3, -0.25) is 4.79 Å². The van der Waals surface area contributed by atoms with E-state index in [2.05, 4.69) is 41.5 Å². The maximum atomic E-state index is 12.1. The van der Waals surface area contributed by atoms with E-state index in [4.69, 9.17) is 0 Å². The van der Waals surface area contributed by atoms with Gasteiger partial charge in [0.1, 0.15) is 0 Å². The van der Waals surface area contributed by atoms with Crippen molar-refractivity contribution in [2.24, 2.45) is 10.2 Å². The summed E-state index contributed by atoms with van der Waals surface area (Å²) in [5.41, 5.74) is 4.51. The third-order valence-electron chi connectivity index (χ3n) is 4.20. The minimum Gasteiger partial charge on any atom is -0.323 e. The van der Waals surface area contributed by atoms with Gasteiger partial charge in [0.2, 0.25) is 5.91 Å². The van der Waals surface area contributed by atoms with Gasteiger partial charge in [0.05, 0.1) is 11.4 Å². The van der Waals surface area contributed by atoms with Gasteiger partial charge in [0.25, 0.3) is 0 Å². The van der Waals surface area contributed by atoms with Crippen molar-refractivity contribution in [1.82, 2.24) is 0 Å². The molecule has 0 aliphatic heterocycles. The summed E-state index contributed by atoms with van der Waals surface area (Å²) >= 11 is 0. The maximum Gasteiger partial charge on any atom is 0.248 e. The molecule has 0 bridgehead atoms. The summed E-state index contributed by atoms with van der Waals surface area (Å²) in [6, 6.07) is 25.0. The summed E-state index contributed by atoms with van der Waals surface area (Å²) in [4.78, 5) is 12.1. The summed E-state index contributed by atoms with van der Waals surface area (Å²) in [5.74, 6) is 0.322. The molecule has 1 N–H and O–H groups in total. The molecule has 0 aliphatic rings. The zero-order chi connectivity index (χ0) is 19.8. The number of amides is 1. The number of hydrogen-bond donors (Lipinski definition) is 1. The topological polar surface area (TPSA) is 53.8 Å². The van der Waals surface area contributed by atoms with Crippen LogP contribution in [0.15, 0.2) is 95.2 Å². The highest BCUT2D eigenvalue weighted by molar-refractivity contribution is 6.01. The molecule has 1 amide bonds. The highest BCUT2D eigenvalue weighted by atomic mass is 16.1. The van der Waals surface area contributed by atoms with Crippen molar-refractivity contribution in [3.8, 4) is 0 Å². The quantitative estimate of drug-likeness (QED) is 0.374. The smallest absolute Gasteiger partial charge is 0.248 e. The predicted octanol–water partition coefficient (Wildman–Crippen LogP) is 6.88. The summed E-state index contributed by atoms with van der Waals surface area (Å²) < 4.78 is 0. The molecule has 0 atom stereocenters. The van der Waals surface area contributed by atoms with Crippen LogP contribution in [-0.4, -0.2) is 5.91 Å². The Labute approximate surface area is 165 Å². The lowest BCUT2D eigenvalue weighted by molar-refractivity contribution is -0.111. The molecule has 0 fully saturated rings. The average molecular weight is 369 g/mol. The lowest BCUT2D eigenvalue weighted by Gasteiger charge is -2.05. The van der Waals surface area contributed by atoms with E-state index in [9.17, 15) is 4.79 Å². The van der Waals surface area contributed by atoms with Crippen molar-refractivity contribution in [1.29, 1.82) is 0 Å². The second-order valence-corrected chi connectivity index (χ2v) is 6.73. The second kappa shape index (κ2) is 9.42. The van der Waals surface area contributed by atoms with Crippen molar-refractivity contribution in [2.75, 3.05) is 5.32 Å². The van der Waals surface area contributed by atoms with Crippen LogP contribution in [0.4, 0.5) is 17.1 Å². The number of nitrogens with one attached hydrogen (secondary N) is 1. The molecule has 0 unspecified atom stereocenters. The van der Waals surface area contributed by atoms with E-state index in [1.807, 2.05) is 72.8 Å². The van der Waals surface area contributed by atoms with Crippen LogP contribution in [0.2, 0.25) is 0 Å². The van der Waals surface area contributed by atoms with E-state index in [0.717, 1.165) is 16.9 Å². The van der Waals surface area contributed by atoms with Gasteiger partial charge in [-0.05, 0) is 59.5 Å². The Hall–Kier alpha value is -3.53. The molecular weight excluding hydrogens is 346 g/mol. The Kier molecular flexibility index (Phi) is 6.47. The van der Waals surface area contributed by atoms with Crippen molar-refractivity contribution in [3.05, 3.63) is 96.1 Å². The number of hydrogen-bond acceptors (Lipinski definition) is 3. The van der Waals surface area contributed by atoms with E-state index in [0.29, 0.717) is 11.6 Å². The molecule has 0 heterocycles. The van der Waals surface area contributed by atoms with Gasteiger partial charge < -0.3 is 5.32 Å². The summed E-state index contributed by atoms with van der Waals surface area (Å²) in [6.07, 6.45) is 3.34. The van der Waals surface area contributed by atoms with Gasteiger partial charge in [0.15, 0.2) is 0 Å². The van der Waals surface area contributed by atoms with Crippen LogP contribution >= 0.6 is 0 Å². The van der Waals surface area contributed by atoms with E-state index in [-0.39, 0.29) is 5.91 Å². The third-order valence-corrected chi connectivity index (χ3v) is 4.20. The molecule has 0 radical (unpaired) electrons. The molecule has 4 heteroatoms. The Morgan fingerprint density at radius 2 is 1.43 bits per heavy atom. The molecule has 3 aromatic rings. The first kappa shape index (κ1) is 19.2.